The second kappa shape index (κ2) is 15.0. The molecule has 0 spiro atoms. The summed E-state index contributed by atoms with van der Waals surface area (Å²) in [5.41, 5.74) is 2.95. The molecule has 206 valence electrons. The Labute approximate surface area is 233 Å². The molecule has 0 bridgehead atoms. The number of amides is 3. The van der Waals surface area contributed by atoms with Crippen LogP contribution in [0.5, 0.6) is 0 Å². The summed E-state index contributed by atoms with van der Waals surface area (Å²) in [5, 5.41) is 6.59. The number of nitrogens with one attached hydrogen (secondary N) is 2. The number of rotatable bonds is 15. The number of nitrogens with zero attached hydrogens (tertiary/aromatic N) is 1. The molecule has 3 aromatic carbocycles. The van der Waals surface area contributed by atoms with Crippen molar-refractivity contribution in [3.63, 3.8) is 0 Å². The highest BCUT2D eigenvalue weighted by Gasteiger charge is 2.22. The number of hydrogen-bond acceptors (Lipinski definition) is 5. The Morgan fingerprint density at radius 1 is 0.825 bits per heavy atom. The molecule has 2 N–H and O–H groups in total. The lowest BCUT2D eigenvalue weighted by Gasteiger charge is -2.23. The van der Waals surface area contributed by atoms with Crippen LogP contribution in [0.3, 0.4) is 0 Å². The second-order valence-corrected chi connectivity index (χ2v) is 9.29. The molecule has 4 rings (SSSR count). The molecule has 0 aliphatic heterocycles. The van der Waals surface area contributed by atoms with E-state index in [1.54, 1.807) is 12.1 Å². The van der Waals surface area contributed by atoms with Crippen molar-refractivity contribution in [1.29, 1.82) is 0 Å². The predicted octanol–water partition coefficient (Wildman–Crippen LogP) is 4.98. The summed E-state index contributed by atoms with van der Waals surface area (Å²) in [6.07, 6.45) is 2.67. The molecule has 0 aliphatic rings. The first-order valence-electron chi connectivity index (χ1n) is 13.3. The molecule has 1 heterocycles. The Morgan fingerprint density at radius 3 is 2.15 bits per heavy atom. The van der Waals surface area contributed by atoms with Crippen LogP contribution in [0.1, 0.15) is 34.5 Å². The number of carbonyl (C=O) groups excluding carboxylic acids is 3. The van der Waals surface area contributed by atoms with Crippen LogP contribution in [0.15, 0.2) is 108 Å². The van der Waals surface area contributed by atoms with Crippen LogP contribution in [0.2, 0.25) is 0 Å². The maximum absolute atomic E-state index is 13.1. The molecule has 1 aromatic heterocycles. The van der Waals surface area contributed by atoms with Crippen molar-refractivity contribution in [1.82, 2.24) is 15.7 Å². The number of furan rings is 1. The van der Waals surface area contributed by atoms with Gasteiger partial charge < -0.3 is 15.1 Å². The number of benzene rings is 3. The fraction of sp³-hybridized carbons (Fsp3) is 0.219. The lowest BCUT2D eigenvalue weighted by molar-refractivity contribution is -0.182. The minimum absolute atomic E-state index is 0.0832. The van der Waals surface area contributed by atoms with Gasteiger partial charge in [0.25, 0.3) is 5.91 Å². The van der Waals surface area contributed by atoms with Gasteiger partial charge in [-0.15, -0.1) is 0 Å². The molecule has 0 saturated heterocycles. The summed E-state index contributed by atoms with van der Waals surface area (Å²) in [4.78, 5) is 43.1. The van der Waals surface area contributed by atoms with Gasteiger partial charge in [0.2, 0.25) is 12.3 Å². The van der Waals surface area contributed by atoms with Gasteiger partial charge in [0.05, 0.1) is 19.1 Å². The molecular formula is C32H33N3O5. The third-order valence-corrected chi connectivity index (χ3v) is 6.39. The van der Waals surface area contributed by atoms with E-state index in [4.69, 9.17) is 9.25 Å². The van der Waals surface area contributed by atoms with Crippen molar-refractivity contribution >= 4 is 18.2 Å². The molecule has 0 fully saturated rings. The molecule has 8 heteroatoms. The maximum Gasteiger partial charge on any atom is 0.288 e. The Balaban J connectivity index is 1.31. The van der Waals surface area contributed by atoms with E-state index in [0.29, 0.717) is 18.6 Å². The molecule has 0 radical (unpaired) electrons. The zero-order valence-corrected chi connectivity index (χ0v) is 22.2. The summed E-state index contributed by atoms with van der Waals surface area (Å²) in [5.74, 6) is -0.529. The average Bonchev–Trinajstić information content (AvgIpc) is 3.50. The van der Waals surface area contributed by atoms with E-state index in [2.05, 4.69) is 10.6 Å². The van der Waals surface area contributed by atoms with Crippen molar-refractivity contribution < 1.29 is 23.6 Å². The first-order valence-corrected chi connectivity index (χ1v) is 13.3. The molecule has 40 heavy (non-hydrogen) atoms. The van der Waals surface area contributed by atoms with E-state index in [0.717, 1.165) is 29.0 Å². The Bertz CT molecular complexity index is 1340. The molecule has 0 saturated carbocycles. The van der Waals surface area contributed by atoms with Crippen LogP contribution in [0.25, 0.3) is 11.3 Å². The van der Waals surface area contributed by atoms with Crippen molar-refractivity contribution in [2.75, 3.05) is 13.2 Å². The number of aryl methyl sites for hydroxylation is 1. The Morgan fingerprint density at radius 2 is 1.48 bits per heavy atom. The van der Waals surface area contributed by atoms with Gasteiger partial charge in [-0.05, 0) is 42.5 Å². The van der Waals surface area contributed by atoms with E-state index < -0.39 is 11.8 Å². The van der Waals surface area contributed by atoms with Crippen LogP contribution in [0.4, 0.5) is 0 Å². The van der Waals surface area contributed by atoms with Crippen LogP contribution in [-0.4, -0.2) is 36.5 Å². The first-order chi connectivity index (χ1) is 19.6. The van der Waals surface area contributed by atoms with Crippen LogP contribution in [-0.2, 0) is 27.5 Å². The van der Waals surface area contributed by atoms with Crippen LogP contribution < -0.4 is 10.6 Å². The summed E-state index contributed by atoms with van der Waals surface area (Å²) in [6.45, 7) is 0.214. The van der Waals surface area contributed by atoms with Gasteiger partial charge in [-0.2, -0.15) is 0 Å². The van der Waals surface area contributed by atoms with Crippen molar-refractivity contribution in [3.05, 3.63) is 120 Å². The normalized spacial score (nSPS) is 11.4. The number of hydrogen-bond donors (Lipinski definition) is 2. The third kappa shape index (κ3) is 8.68. The summed E-state index contributed by atoms with van der Waals surface area (Å²) in [6, 6.07) is 32.3. The van der Waals surface area contributed by atoms with Crippen molar-refractivity contribution in [3.8, 4) is 11.3 Å². The molecule has 4 aromatic rings. The van der Waals surface area contributed by atoms with E-state index in [1.807, 2.05) is 91.0 Å². The summed E-state index contributed by atoms with van der Waals surface area (Å²) < 4.78 is 5.68. The predicted molar refractivity (Wildman–Crippen MR) is 151 cm³/mol. The van der Waals surface area contributed by atoms with E-state index >= 15 is 0 Å². The molecule has 0 unspecified atom stereocenters. The zero-order valence-electron chi connectivity index (χ0n) is 22.2. The lowest BCUT2D eigenvalue weighted by Crippen LogP contribution is -2.43. The molecular weight excluding hydrogens is 506 g/mol. The summed E-state index contributed by atoms with van der Waals surface area (Å²) in [7, 11) is 0. The third-order valence-electron chi connectivity index (χ3n) is 6.39. The smallest absolute Gasteiger partial charge is 0.288 e. The number of carbonyl (C=O) groups is 3. The minimum Gasteiger partial charge on any atom is -0.451 e. The van der Waals surface area contributed by atoms with Crippen molar-refractivity contribution in [2.45, 2.75) is 25.9 Å². The molecule has 3 amide bonds. The van der Waals surface area contributed by atoms with Gasteiger partial charge in [-0.1, -0.05) is 91.0 Å². The Kier molecular flexibility index (Phi) is 10.6. The highest BCUT2D eigenvalue weighted by Crippen LogP contribution is 2.21. The van der Waals surface area contributed by atoms with Crippen LogP contribution in [0, 0.1) is 5.92 Å². The monoisotopic (exact) mass is 539 g/mol. The van der Waals surface area contributed by atoms with Gasteiger partial charge in [0.15, 0.2) is 5.76 Å². The van der Waals surface area contributed by atoms with E-state index in [9.17, 15) is 14.4 Å². The Hall–Kier alpha value is -4.69. The summed E-state index contributed by atoms with van der Waals surface area (Å²) >= 11 is 0. The highest BCUT2D eigenvalue weighted by atomic mass is 16.7. The zero-order chi connectivity index (χ0) is 28.0. The SMILES string of the molecule is O=CN(C[C@@H](CCCc1ccccc1)C(=O)NCNC(=O)c1ccc(-c2ccccc2)o1)OCc1ccccc1. The van der Waals surface area contributed by atoms with Gasteiger partial charge >= 0.3 is 0 Å². The molecule has 8 nitrogen and oxygen atoms in total. The van der Waals surface area contributed by atoms with E-state index in [1.165, 1.54) is 5.56 Å². The highest BCUT2D eigenvalue weighted by molar-refractivity contribution is 5.92. The topological polar surface area (TPSA) is 101 Å². The van der Waals surface area contributed by atoms with Gasteiger partial charge in [-0.25, -0.2) is 5.06 Å². The fourth-order valence-corrected chi connectivity index (χ4v) is 4.24. The largest absolute Gasteiger partial charge is 0.451 e. The first kappa shape index (κ1) is 28.3. The van der Waals surface area contributed by atoms with Gasteiger partial charge in [0.1, 0.15) is 12.4 Å². The maximum atomic E-state index is 13.1. The van der Waals surface area contributed by atoms with Crippen molar-refractivity contribution in [2.24, 2.45) is 5.92 Å². The van der Waals surface area contributed by atoms with E-state index in [-0.39, 0.29) is 31.5 Å². The van der Waals surface area contributed by atoms with Gasteiger partial charge in [-0.3, -0.25) is 19.2 Å². The number of hydroxylamine groups is 2. The van der Waals surface area contributed by atoms with Crippen LogP contribution >= 0.6 is 0 Å². The average molecular weight is 540 g/mol. The second-order valence-electron chi connectivity index (χ2n) is 9.29. The lowest BCUT2D eigenvalue weighted by atomic mass is 9.98. The van der Waals surface area contributed by atoms with Gasteiger partial charge in [0, 0.05) is 5.56 Å². The quantitative estimate of drug-likeness (QED) is 0.126. The molecule has 0 aliphatic carbocycles. The molecule has 1 atom stereocenters. The minimum atomic E-state index is -0.533. The standard InChI is InChI=1S/C32H33N3O5/c36-24-35(39-22-26-13-6-2-7-14-26)21-28(18-10-15-25-11-4-1-5-12-25)31(37)33-23-34-32(38)30-20-19-29(40-30)27-16-8-3-9-17-27/h1-9,11-14,16-17,19-20,24,28H,10,15,18,21-23H2,(H,33,37)(H,34,38)/t28-/m1/s1. The fourth-order valence-electron chi connectivity index (χ4n) is 4.24.